The van der Waals surface area contributed by atoms with Crippen LogP contribution in [0.25, 0.3) is 0 Å². The van der Waals surface area contributed by atoms with E-state index in [0.29, 0.717) is 17.0 Å². The summed E-state index contributed by atoms with van der Waals surface area (Å²) in [4.78, 5) is 12.8. The van der Waals surface area contributed by atoms with Crippen molar-refractivity contribution in [3.05, 3.63) is 53.6 Å². The molecule has 24 heavy (non-hydrogen) atoms. The second-order valence-corrected chi connectivity index (χ2v) is 8.11. The molecule has 1 aliphatic rings. The molecule has 1 N–H and O–H groups in total. The molecule has 0 fully saturated rings. The monoisotopic (exact) mass is 345 g/mol. The molecule has 0 saturated carbocycles. The molecule has 2 atom stereocenters. The number of hydrogen-bond donors (Lipinski definition) is 1. The molecule has 0 radical (unpaired) electrons. The van der Waals surface area contributed by atoms with E-state index in [4.69, 9.17) is 4.74 Å². The maximum Gasteiger partial charge on any atom is 0.259 e. The van der Waals surface area contributed by atoms with Gasteiger partial charge < -0.3 is 10.1 Å². The lowest BCUT2D eigenvalue weighted by Gasteiger charge is -2.10. The van der Waals surface area contributed by atoms with Gasteiger partial charge in [0.05, 0.1) is 10.5 Å². The Labute approximate surface area is 141 Å². The number of carbonyl (C=O) groups excluding carboxylic acids is 1. The Kier molecular flexibility index (Phi) is 4.09. The quantitative estimate of drug-likeness (QED) is 0.927. The molecule has 0 saturated heterocycles. The van der Waals surface area contributed by atoms with Crippen LogP contribution in [0.3, 0.4) is 0 Å². The fourth-order valence-electron chi connectivity index (χ4n) is 2.77. The van der Waals surface area contributed by atoms with Crippen molar-refractivity contribution in [2.75, 3.05) is 11.6 Å². The van der Waals surface area contributed by atoms with Crippen LogP contribution in [0.4, 0.5) is 5.69 Å². The SMILES string of the molecule is CC1Oc2c(C(=O)Nc3cccc(S(C)(=O)=O)c3)cccc2C1C. The molecule has 0 aromatic heterocycles. The minimum absolute atomic E-state index is 0.0162. The number of rotatable bonds is 3. The Hall–Kier alpha value is -2.34. The molecule has 5 nitrogen and oxygen atoms in total. The Morgan fingerprint density at radius 1 is 1.12 bits per heavy atom. The Bertz CT molecular complexity index is 905. The third-order valence-corrected chi connectivity index (χ3v) is 5.42. The molecule has 2 unspecified atom stereocenters. The Morgan fingerprint density at radius 2 is 1.83 bits per heavy atom. The average molecular weight is 345 g/mol. The minimum Gasteiger partial charge on any atom is -0.489 e. The van der Waals surface area contributed by atoms with Crippen LogP contribution in [0.15, 0.2) is 47.4 Å². The standard InChI is InChI=1S/C18H19NO4S/c1-11-12(2)23-17-15(11)8-5-9-16(17)18(20)19-13-6-4-7-14(10-13)24(3,21)22/h4-12H,1-3H3,(H,19,20). The van der Waals surface area contributed by atoms with E-state index < -0.39 is 9.84 Å². The van der Waals surface area contributed by atoms with Gasteiger partial charge in [0, 0.05) is 23.4 Å². The number of amides is 1. The first-order valence-corrected chi connectivity index (χ1v) is 9.57. The number of fused-ring (bicyclic) bond motifs is 1. The van der Waals surface area contributed by atoms with Gasteiger partial charge in [0.15, 0.2) is 9.84 Å². The van der Waals surface area contributed by atoms with Gasteiger partial charge in [-0.2, -0.15) is 0 Å². The van der Waals surface area contributed by atoms with Gasteiger partial charge in [-0.05, 0) is 31.2 Å². The first kappa shape index (κ1) is 16.5. The number of carbonyl (C=O) groups is 1. The van der Waals surface area contributed by atoms with Crippen LogP contribution < -0.4 is 10.1 Å². The highest BCUT2D eigenvalue weighted by Gasteiger charge is 2.31. The van der Waals surface area contributed by atoms with Crippen LogP contribution >= 0.6 is 0 Å². The third-order valence-electron chi connectivity index (χ3n) is 4.31. The Balaban J connectivity index is 1.90. The van der Waals surface area contributed by atoms with Crippen molar-refractivity contribution in [2.45, 2.75) is 30.8 Å². The number of sulfone groups is 1. The van der Waals surface area contributed by atoms with Crippen molar-refractivity contribution < 1.29 is 17.9 Å². The smallest absolute Gasteiger partial charge is 0.259 e. The predicted octanol–water partition coefficient (Wildman–Crippen LogP) is 3.23. The van der Waals surface area contributed by atoms with Gasteiger partial charge in [0.1, 0.15) is 11.9 Å². The van der Waals surface area contributed by atoms with Gasteiger partial charge >= 0.3 is 0 Å². The second kappa shape index (κ2) is 5.94. The molecule has 6 heteroatoms. The van der Waals surface area contributed by atoms with E-state index in [-0.39, 0.29) is 22.8 Å². The summed E-state index contributed by atoms with van der Waals surface area (Å²) in [5, 5.41) is 2.75. The van der Waals surface area contributed by atoms with Gasteiger partial charge in [0.2, 0.25) is 0 Å². The first-order valence-electron chi connectivity index (χ1n) is 7.68. The van der Waals surface area contributed by atoms with Gasteiger partial charge in [-0.15, -0.1) is 0 Å². The van der Waals surface area contributed by atoms with Crippen LogP contribution in [-0.2, 0) is 9.84 Å². The van der Waals surface area contributed by atoms with Gasteiger partial charge in [-0.1, -0.05) is 25.1 Å². The van der Waals surface area contributed by atoms with Crippen molar-refractivity contribution >= 4 is 21.4 Å². The van der Waals surface area contributed by atoms with E-state index in [9.17, 15) is 13.2 Å². The van der Waals surface area contributed by atoms with Gasteiger partial charge in [0.25, 0.3) is 5.91 Å². The third kappa shape index (κ3) is 3.01. The number of benzene rings is 2. The van der Waals surface area contributed by atoms with E-state index in [1.54, 1.807) is 18.2 Å². The molecule has 2 aromatic rings. The highest BCUT2D eigenvalue weighted by Crippen LogP contribution is 2.40. The summed E-state index contributed by atoms with van der Waals surface area (Å²) in [6.07, 6.45) is 1.15. The summed E-state index contributed by atoms with van der Waals surface area (Å²) in [6, 6.07) is 11.7. The number of anilines is 1. The van der Waals surface area contributed by atoms with Crippen LogP contribution in [0.2, 0.25) is 0 Å². The summed E-state index contributed by atoms with van der Waals surface area (Å²) < 4.78 is 29.1. The van der Waals surface area contributed by atoms with Crippen molar-refractivity contribution in [1.29, 1.82) is 0 Å². The maximum absolute atomic E-state index is 12.6. The molecule has 1 aliphatic heterocycles. The molecule has 1 heterocycles. The topological polar surface area (TPSA) is 72.5 Å². The van der Waals surface area contributed by atoms with Crippen LogP contribution in [0.5, 0.6) is 5.75 Å². The van der Waals surface area contributed by atoms with Crippen LogP contribution in [-0.4, -0.2) is 26.7 Å². The number of nitrogens with one attached hydrogen (secondary N) is 1. The zero-order chi connectivity index (χ0) is 17.5. The number of para-hydroxylation sites is 1. The van der Waals surface area contributed by atoms with Gasteiger partial charge in [-0.25, -0.2) is 8.42 Å². The zero-order valence-electron chi connectivity index (χ0n) is 13.7. The summed E-state index contributed by atoms with van der Waals surface area (Å²) in [6.45, 7) is 4.04. The summed E-state index contributed by atoms with van der Waals surface area (Å²) in [5.41, 5.74) is 1.90. The van der Waals surface area contributed by atoms with E-state index in [2.05, 4.69) is 12.2 Å². The molecular formula is C18H19NO4S. The maximum atomic E-state index is 12.6. The molecule has 0 spiro atoms. The minimum atomic E-state index is -3.33. The Morgan fingerprint density at radius 3 is 2.54 bits per heavy atom. The predicted molar refractivity (Wildman–Crippen MR) is 92.5 cm³/mol. The molecule has 2 aromatic carbocycles. The molecule has 1 amide bonds. The first-order chi connectivity index (χ1) is 11.3. The molecule has 3 rings (SSSR count). The van der Waals surface area contributed by atoms with E-state index in [1.807, 2.05) is 19.1 Å². The molecule has 126 valence electrons. The van der Waals surface area contributed by atoms with Crippen LogP contribution in [0.1, 0.15) is 35.7 Å². The number of hydrogen-bond acceptors (Lipinski definition) is 4. The van der Waals surface area contributed by atoms with E-state index in [0.717, 1.165) is 11.8 Å². The van der Waals surface area contributed by atoms with Crippen molar-refractivity contribution in [3.63, 3.8) is 0 Å². The van der Waals surface area contributed by atoms with Gasteiger partial charge in [-0.3, -0.25) is 4.79 Å². The normalized spacial score (nSPS) is 19.5. The van der Waals surface area contributed by atoms with E-state index >= 15 is 0 Å². The average Bonchev–Trinajstić information content (AvgIpc) is 2.82. The van der Waals surface area contributed by atoms with Crippen molar-refractivity contribution in [1.82, 2.24) is 0 Å². The zero-order valence-corrected chi connectivity index (χ0v) is 14.6. The molecule has 0 aliphatic carbocycles. The highest BCUT2D eigenvalue weighted by molar-refractivity contribution is 7.90. The lowest BCUT2D eigenvalue weighted by Crippen LogP contribution is -2.14. The largest absolute Gasteiger partial charge is 0.489 e. The van der Waals surface area contributed by atoms with Crippen molar-refractivity contribution in [2.24, 2.45) is 0 Å². The summed E-state index contributed by atoms with van der Waals surface area (Å²) >= 11 is 0. The summed E-state index contributed by atoms with van der Waals surface area (Å²) in [7, 11) is -3.33. The molecular weight excluding hydrogens is 326 g/mol. The van der Waals surface area contributed by atoms with E-state index in [1.165, 1.54) is 12.1 Å². The second-order valence-electron chi connectivity index (χ2n) is 6.09. The lowest BCUT2D eigenvalue weighted by molar-refractivity contribution is 0.102. The highest BCUT2D eigenvalue weighted by atomic mass is 32.2. The lowest BCUT2D eigenvalue weighted by atomic mass is 9.97. The fraction of sp³-hybridized carbons (Fsp3) is 0.278. The number of ether oxygens (including phenoxy) is 1. The van der Waals surface area contributed by atoms with Crippen LogP contribution in [0, 0.1) is 0 Å². The summed E-state index contributed by atoms with van der Waals surface area (Å²) in [5.74, 6) is 0.509. The van der Waals surface area contributed by atoms with Crippen molar-refractivity contribution in [3.8, 4) is 5.75 Å². The molecule has 0 bridgehead atoms. The fourth-order valence-corrected chi connectivity index (χ4v) is 3.43.